The molecule has 108 valence electrons. The number of nitrogens with one attached hydrogen (secondary N) is 3. The fourth-order valence-electron chi connectivity index (χ4n) is 5.94. The van der Waals surface area contributed by atoms with Gasteiger partial charge in [-0.15, -0.1) is 0 Å². The molecule has 2 heterocycles. The molecule has 0 radical (unpaired) electrons. The Bertz CT molecular complexity index is 469. The fourth-order valence-corrected chi connectivity index (χ4v) is 5.94. The van der Waals surface area contributed by atoms with Gasteiger partial charge in [0.2, 0.25) is 0 Å². The summed E-state index contributed by atoms with van der Waals surface area (Å²) in [6.45, 7) is 0. The summed E-state index contributed by atoms with van der Waals surface area (Å²) in [7, 11) is 0. The first kappa shape index (κ1) is 11.8. The molecule has 0 aromatic carbocycles. The van der Waals surface area contributed by atoms with Crippen molar-refractivity contribution in [2.75, 3.05) is 0 Å². The van der Waals surface area contributed by atoms with Gasteiger partial charge in [0.1, 0.15) is 0 Å². The van der Waals surface area contributed by atoms with E-state index >= 15 is 0 Å². The number of hydrogen-bond donors (Lipinski definition) is 3. The smallest absolute Gasteiger partial charge is 0.0847 e. The molecule has 0 aromatic rings. The first-order valence-corrected chi connectivity index (χ1v) is 8.36. The molecule has 4 nitrogen and oxygen atoms in total. The van der Waals surface area contributed by atoms with Gasteiger partial charge in [-0.2, -0.15) is 11.1 Å². The normalized spacial score (nSPS) is 49.2. The van der Waals surface area contributed by atoms with Crippen LogP contribution in [-0.2, 0) is 0 Å². The molecule has 5 rings (SSSR count). The molecule has 3 N–H and O–H groups in total. The average Bonchev–Trinajstić information content (AvgIpc) is 2.52. The Hall–Kier alpha value is -0.840. The molecule has 1 saturated heterocycles. The van der Waals surface area contributed by atoms with Gasteiger partial charge in [-0.1, -0.05) is 31.8 Å². The van der Waals surface area contributed by atoms with Gasteiger partial charge in [0.15, 0.2) is 0 Å². The highest BCUT2D eigenvalue weighted by molar-refractivity contribution is 5.33. The van der Waals surface area contributed by atoms with E-state index in [9.17, 15) is 0 Å². The molecule has 6 atom stereocenters. The van der Waals surface area contributed by atoms with Gasteiger partial charge in [-0.3, -0.25) is 5.01 Å². The minimum atomic E-state index is 0.518. The van der Waals surface area contributed by atoms with Crippen molar-refractivity contribution < 1.29 is 0 Å². The van der Waals surface area contributed by atoms with E-state index in [2.05, 4.69) is 39.9 Å². The quantitative estimate of drug-likeness (QED) is 0.629. The second-order valence-electron chi connectivity index (χ2n) is 7.24. The van der Waals surface area contributed by atoms with Crippen molar-refractivity contribution in [1.82, 2.24) is 21.5 Å². The minimum absolute atomic E-state index is 0.518. The predicted octanol–water partition coefficient (Wildman–Crippen LogP) is 1.85. The zero-order chi connectivity index (χ0) is 13.1. The first-order chi connectivity index (χ1) is 9.93. The van der Waals surface area contributed by atoms with Crippen LogP contribution in [0.2, 0.25) is 0 Å². The molecule has 4 fully saturated rings. The van der Waals surface area contributed by atoms with Crippen molar-refractivity contribution in [3.8, 4) is 0 Å². The van der Waals surface area contributed by atoms with E-state index in [0.29, 0.717) is 12.1 Å². The van der Waals surface area contributed by atoms with E-state index in [4.69, 9.17) is 0 Å². The summed E-state index contributed by atoms with van der Waals surface area (Å²) >= 11 is 0. The predicted molar refractivity (Wildman–Crippen MR) is 77.7 cm³/mol. The number of hydrogen-bond acceptors (Lipinski definition) is 4. The second-order valence-corrected chi connectivity index (χ2v) is 7.24. The first-order valence-electron chi connectivity index (χ1n) is 8.36. The maximum Gasteiger partial charge on any atom is 0.0847 e. The van der Waals surface area contributed by atoms with Crippen LogP contribution < -0.4 is 16.5 Å². The van der Waals surface area contributed by atoms with Crippen LogP contribution in [0.5, 0.6) is 0 Å². The maximum atomic E-state index is 3.56. The van der Waals surface area contributed by atoms with Crippen LogP contribution in [0.3, 0.4) is 0 Å². The van der Waals surface area contributed by atoms with Crippen LogP contribution in [0.4, 0.5) is 0 Å². The standard InChI is InChI=1S/C16H24N4/c1-4-10-5-2-7-13-14(10)11(6-1)12-8-3-9-20-16(12)15(13)17-18-19-20/h3,8-11,13-19H,1-2,4-7H2. The van der Waals surface area contributed by atoms with E-state index in [1.165, 1.54) is 38.5 Å². The molecule has 6 unspecified atom stereocenters. The van der Waals surface area contributed by atoms with Gasteiger partial charge >= 0.3 is 0 Å². The van der Waals surface area contributed by atoms with Crippen LogP contribution in [0.1, 0.15) is 38.5 Å². The third-order valence-electron chi connectivity index (χ3n) is 6.54. The van der Waals surface area contributed by atoms with Crippen LogP contribution in [0.25, 0.3) is 0 Å². The summed E-state index contributed by atoms with van der Waals surface area (Å²) in [5, 5.41) is 2.28. The molecule has 0 aromatic heterocycles. The van der Waals surface area contributed by atoms with Crippen molar-refractivity contribution in [3.05, 3.63) is 23.9 Å². The summed E-state index contributed by atoms with van der Waals surface area (Å²) in [6, 6.07) is 1.08. The molecule has 3 saturated carbocycles. The van der Waals surface area contributed by atoms with Gasteiger partial charge in [-0.05, 0) is 48.2 Å². The second kappa shape index (κ2) is 4.33. The van der Waals surface area contributed by atoms with Crippen LogP contribution >= 0.6 is 0 Å². The summed E-state index contributed by atoms with van der Waals surface area (Å²) in [6.07, 6.45) is 15.5. The number of fused-ring (bicyclic) bond motifs is 2. The number of allylic oxidation sites excluding steroid dienone is 2. The fraction of sp³-hybridized carbons (Fsp3) is 0.750. The highest BCUT2D eigenvalue weighted by Gasteiger charge is 2.54. The topological polar surface area (TPSA) is 39.3 Å². The molecule has 0 bridgehead atoms. The molecule has 5 aliphatic rings. The van der Waals surface area contributed by atoms with Gasteiger partial charge in [0, 0.05) is 6.20 Å². The van der Waals surface area contributed by atoms with E-state index in [1.54, 1.807) is 5.57 Å². The Morgan fingerprint density at radius 2 is 2.00 bits per heavy atom. The van der Waals surface area contributed by atoms with Gasteiger partial charge in [-0.25, -0.2) is 5.43 Å². The van der Waals surface area contributed by atoms with Crippen molar-refractivity contribution in [2.24, 2.45) is 23.7 Å². The Balaban J connectivity index is 1.60. The molecule has 3 aliphatic carbocycles. The Kier molecular flexibility index (Phi) is 2.55. The largest absolute Gasteiger partial charge is 0.292 e. The molecule has 4 heteroatoms. The van der Waals surface area contributed by atoms with Crippen LogP contribution in [0.15, 0.2) is 23.9 Å². The van der Waals surface area contributed by atoms with Gasteiger partial charge in [0.25, 0.3) is 0 Å². The lowest BCUT2D eigenvalue weighted by molar-refractivity contribution is -0.0552. The van der Waals surface area contributed by atoms with E-state index < -0.39 is 0 Å². The van der Waals surface area contributed by atoms with Gasteiger partial charge in [0.05, 0.1) is 12.1 Å². The average molecular weight is 272 g/mol. The lowest BCUT2D eigenvalue weighted by Gasteiger charge is -2.59. The van der Waals surface area contributed by atoms with Crippen LogP contribution in [0, 0.1) is 23.7 Å². The molecule has 2 aliphatic heterocycles. The minimum Gasteiger partial charge on any atom is -0.292 e. The Labute approximate surface area is 120 Å². The SMILES string of the molecule is C1=CN2NNNC3C4CCCC5CCCC(C(=C1)C32)C54. The van der Waals surface area contributed by atoms with Crippen molar-refractivity contribution in [2.45, 2.75) is 50.6 Å². The van der Waals surface area contributed by atoms with Crippen molar-refractivity contribution in [3.63, 3.8) is 0 Å². The van der Waals surface area contributed by atoms with Crippen molar-refractivity contribution >= 4 is 0 Å². The lowest BCUT2D eigenvalue weighted by Crippen LogP contribution is -2.74. The summed E-state index contributed by atoms with van der Waals surface area (Å²) < 4.78 is 0. The number of hydrazine groups is 3. The third-order valence-corrected chi connectivity index (χ3v) is 6.54. The molecule has 0 amide bonds. The molecular formula is C16H24N4. The van der Waals surface area contributed by atoms with E-state index in [0.717, 1.165) is 23.7 Å². The highest BCUT2D eigenvalue weighted by Crippen LogP contribution is 2.55. The monoisotopic (exact) mass is 272 g/mol. The zero-order valence-electron chi connectivity index (χ0n) is 11.9. The number of nitrogens with zero attached hydrogens (tertiary/aromatic N) is 1. The van der Waals surface area contributed by atoms with Gasteiger partial charge < -0.3 is 0 Å². The summed E-state index contributed by atoms with van der Waals surface area (Å²) in [5.41, 5.74) is 11.7. The molecular weight excluding hydrogens is 248 g/mol. The molecule has 20 heavy (non-hydrogen) atoms. The van der Waals surface area contributed by atoms with E-state index in [-0.39, 0.29) is 0 Å². The number of rotatable bonds is 0. The molecule has 0 spiro atoms. The summed E-state index contributed by atoms with van der Waals surface area (Å²) in [4.78, 5) is 0. The van der Waals surface area contributed by atoms with Crippen molar-refractivity contribution in [1.29, 1.82) is 0 Å². The third kappa shape index (κ3) is 1.47. The van der Waals surface area contributed by atoms with Crippen LogP contribution in [-0.4, -0.2) is 17.1 Å². The Morgan fingerprint density at radius 3 is 2.95 bits per heavy atom. The Morgan fingerprint density at radius 1 is 1.10 bits per heavy atom. The maximum absolute atomic E-state index is 3.56. The zero-order valence-corrected chi connectivity index (χ0v) is 11.9. The highest BCUT2D eigenvalue weighted by atomic mass is 15.8. The van der Waals surface area contributed by atoms with E-state index in [1.807, 2.05) is 0 Å². The summed E-state index contributed by atoms with van der Waals surface area (Å²) in [5.74, 6) is 3.62. The lowest BCUT2D eigenvalue weighted by atomic mass is 9.52.